The molecule has 0 spiro atoms. The SMILES string of the molecule is Nc1nc2nc(Nc3ccccc3)nc(C3CCC3)c2[nH]1. The predicted molar refractivity (Wildman–Crippen MR) is 82.4 cm³/mol. The second-order valence-corrected chi connectivity index (χ2v) is 5.37. The van der Waals surface area contributed by atoms with Crippen molar-refractivity contribution in [1.82, 2.24) is 19.9 Å². The van der Waals surface area contributed by atoms with E-state index in [-0.39, 0.29) is 0 Å². The monoisotopic (exact) mass is 280 g/mol. The zero-order valence-electron chi connectivity index (χ0n) is 11.5. The zero-order chi connectivity index (χ0) is 14.2. The molecule has 6 heteroatoms. The van der Waals surface area contributed by atoms with E-state index in [0.717, 1.165) is 29.7 Å². The van der Waals surface area contributed by atoms with Crippen LogP contribution in [0.3, 0.4) is 0 Å². The number of nitrogens with two attached hydrogens (primary N) is 1. The summed E-state index contributed by atoms with van der Waals surface area (Å²) in [6, 6.07) is 9.88. The molecule has 1 fully saturated rings. The average molecular weight is 280 g/mol. The first-order valence-corrected chi connectivity index (χ1v) is 7.15. The summed E-state index contributed by atoms with van der Waals surface area (Å²) in [5, 5.41) is 3.23. The van der Waals surface area contributed by atoms with Gasteiger partial charge in [0.1, 0.15) is 5.52 Å². The number of imidazole rings is 1. The van der Waals surface area contributed by atoms with Crippen LogP contribution in [0.5, 0.6) is 0 Å². The quantitative estimate of drug-likeness (QED) is 0.686. The van der Waals surface area contributed by atoms with E-state index in [1.165, 1.54) is 6.42 Å². The van der Waals surface area contributed by atoms with Gasteiger partial charge in [-0.05, 0) is 25.0 Å². The molecule has 0 saturated heterocycles. The topological polar surface area (TPSA) is 92.5 Å². The molecule has 3 aromatic rings. The van der Waals surface area contributed by atoms with Crippen molar-refractivity contribution in [1.29, 1.82) is 0 Å². The molecule has 0 unspecified atom stereocenters. The van der Waals surface area contributed by atoms with Gasteiger partial charge in [-0.1, -0.05) is 24.6 Å². The summed E-state index contributed by atoms with van der Waals surface area (Å²) < 4.78 is 0. The van der Waals surface area contributed by atoms with Gasteiger partial charge in [0.15, 0.2) is 11.6 Å². The Morgan fingerprint density at radius 1 is 1.10 bits per heavy atom. The van der Waals surface area contributed by atoms with Gasteiger partial charge < -0.3 is 16.0 Å². The van der Waals surface area contributed by atoms with Crippen molar-refractivity contribution >= 4 is 28.7 Å². The molecule has 2 heterocycles. The third-order valence-electron chi connectivity index (χ3n) is 3.92. The fourth-order valence-electron chi connectivity index (χ4n) is 2.62. The normalized spacial score (nSPS) is 15.0. The van der Waals surface area contributed by atoms with Crippen molar-refractivity contribution in [3.8, 4) is 0 Å². The molecular weight excluding hydrogens is 264 g/mol. The van der Waals surface area contributed by atoms with Crippen molar-refractivity contribution in [3.63, 3.8) is 0 Å². The number of hydrogen-bond acceptors (Lipinski definition) is 5. The van der Waals surface area contributed by atoms with Crippen molar-refractivity contribution in [2.75, 3.05) is 11.1 Å². The van der Waals surface area contributed by atoms with E-state index in [1.54, 1.807) is 0 Å². The lowest BCUT2D eigenvalue weighted by Crippen LogP contribution is -2.13. The number of aromatic amines is 1. The van der Waals surface area contributed by atoms with Gasteiger partial charge in [-0.3, -0.25) is 0 Å². The third-order valence-corrected chi connectivity index (χ3v) is 3.92. The fraction of sp³-hybridized carbons (Fsp3) is 0.267. The molecule has 1 aromatic carbocycles. The number of nitrogens with one attached hydrogen (secondary N) is 2. The van der Waals surface area contributed by atoms with Crippen LogP contribution >= 0.6 is 0 Å². The van der Waals surface area contributed by atoms with Crippen molar-refractivity contribution in [2.45, 2.75) is 25.2 Å². The zero-order valence-corrected chi connectivity index (χ0v) is 11.5. The highest BCUT2D eigenvalue weighted by Gasteiger charge is 2.25. The summed E-state index contributed by atoms with van der Waals surface area (Å²) >= 11 is 0. The molecule has 6 nitrogen and oxygen atoms in total. The van der Waals surface area contributed by atoms with Crippen molar-refractivity contribution in [2.24, 2.45) is 0 Å². The van der Waals surface area contributed by atoms with Crippen LogP contribution in [0.25, 0.3) is 11.2 Å². The van der Waals surface area contributed by atoms with Gasteiger partial charge in [0.25, 0.3) is 0 Å². The summed E-state index contributed by atoms with van der Waals surface area (Å²) in [5.41, 5.74) is 9.25. The van der Waals surface area contributed by atoms with Crippen molar-refractivity contribution in [3.05, 3.63) is 36.0 Å². The first-order chi connectivity index (χ1) is 10.3. The highest BCUT2D eigenvalue weighted by atomic mass is 15.2. The van der Waals surface area contributed by atoms with Crippen LogP contribution in [0.1, 0.15) is 30.9 Å². The largest absolute Gasteiger partial charge is 0.369 e. The Labute approximate surface area is 121 Å². The fourth-order valence-corrected chi connectivity index (χ4v) is 2.62. The molecule has 0 atom stereocenters. The summed E-state index contributed by atoms with van der Waals surface area (Å²) in [7, 11) is 0. The summed E-state index contributed by atoms with van der Waals surface area (Å²) in [4.78, 5) is 16.5. The molecule has 0 amide bonds. The van der Waals surface area contributed by atoms with Crippen LogP contribution in [0.15, 0.2) is 30.3 Å². The molecule has 2 aromatic heterocycles. The molecule has 0 aliphatic heterocycles. The highest BCUT2D eigenvalue weighted by Crippen LogP contribution is 2.38. The number of anilines is 3. The second kappa shape index (κ2) is 4.73. The number of benzene rings is 1. The Hall–Kier alpha value is -2.63. The van der Waals surface area contributed by atoms with Gasteiger partial charge in [0.2, 0.25) is 5.95 Å². The Morgan fingerprint density at radius 2 is 1.90 bits per heavy atom. The molecule has 4 rings (SSSR count). The second-order valence-electron chi connectivity index (χ2n) is 5.37. The highest BCUT2D eigenvalue weighted by molar-refractivity contribution is 5.78. The van der Waals surface area contributed by atoms with Crippen LogP contribution in [0.2, 0.25) is 0 Å². The minimum absolute atomic E-state index is 0.386. The number of fused-ring (bicyclic) bond motifs is 1. The van der Waals surface area contributed by atoms with E-state index in [2.05, 4.69) is 25.3 Å². The maximum atomic E-state index is 5.77. The Morgan fingerprint density at radius 3 is 2.62 bits per heavy atom. The smallest absolute Gasteiger partial charge is 0.229 e. The van der Waals surface area contributed by atoms with E-state index in [4.69, 9.17) is 5.73 Å². The van der Waals surface area contributed by atoms with Crippen LogP contribution in [-0.2, 0) is 0 Å². The molecule has 21 heavy (non-hydrogen) atoms. The van der Waals surface area contributed by atoms with Crippen LogP contribution in [-0.4, -0.2) is 19.9 Å². The van der Waals surface area contributed by atoms with Gasteiger partial charge >= 0.3 is 0 Å². The van der Waals surface area contributed by atoms with Crippen LogP contribution < -0.4 is 11.1 Å². The number of aromatic nitrogens is 4. The lowest BCUT2D eigenvalue weighted by atomic mass is 9.82. The molecule has 1 aliphatic rings. The standard InChI is InChI=1S/C15H16N6/c16-14-18-12-11(9-5-4-6-9)19-15(21-13(12)20-14)17-10-7-2-1-3-8-10/h1-3,7-9H,4-6H2,(H4,16,17,18,19,20,21). The number of H-pyrrole nitrogens is 1. The number of hydrogen-bond donors (Lipinski definition) is 3. The lowest BCUT2D eigenvalue weighted by Gasteiger charge is -2.25. The Kier molecular flexibility index (Phi) is 2.73. The minimum atomic E-state index is 0.386. The Balaban J connectivity index is 1.78. The van der Waals surface area contributed by atoms with Crippen LogP contribution in [0, 0.1) is 0 Å². The molecule has 4 N–H and O–H groups in total. The summed E-state index contributed by atoms with van der Waals surface area (Å²) in [6.07, 6.45) is 3.58. The first-order valence-electron chi connectivity index (χ1n) is 7.15. The van der Waals surface area contributed by atoms with E-state index in [1.807, 2.05) is 30.3 Å². The molecule has 1 aliphatic carbocycles. The number of rotatable bonds is 3. The molecule has 106 valence electrons. The maximum Gasteiger partial charge on any atom is 0.229 e. The van der Waals surface area contributed by atoms with Crippen LogP contribution in [0.4, 0.5) is 17.6 Å². The number of nitrogen functional groups attached to an aromatic ring is 1. The summed E-state index contributed by atoms with van der Waals surface area (Å²) in [6.45, 7) is 0. The van der Waals surface area contributed by atoms with Gasteiger partial charge in [0, 0.05) is 11.6 Å². The predicted octanol–water partition coefficient (Wildman–Crippen LogP) is 2.95. The lowest BCUT2D eigenvalue weighted by molar-refractivity contribution is 0.413. The number of para-hydroxylation sites is 1. The Bertz CT molecular complexity index is 775. The average Bonchev–Trinajstić information content (AvgIpc) is 2.78. The molecule has 0 radical (unpaired) electrons. The van der Waals surface area contributed by atoms with Gasteiger partial charge in [-0.15, -0.1) is 0 Å². The van der Waals surface area contributed by atoms with Gasteiger partial charge in [-0.2, -0.15) is 9.97 Å². The van der Waals surface area contributed by atoms with E-state index in [9.17, 15) is 0 Å². The van der Waals surface area contributed by atoms with E-state index in [0.29, 0.717) is 23.5 Å². The third kappa shape index (κ3) is 2.18. The van der Waals surface area contributed by atoms with E-state index >= 15 is 0 Å². The van der Waals surface area contributed by atoms with Gasteiger partial charge in [-0.25, -0.2) is 4.98 Å². The minimum Gasteiger partial charge on any atom is -0.369 e. The maximum absolute atomic E-state index is 5.77. The summed E-state index contributed by atoms with van der Waals surface area (Å²) in [5.74, 6) is 1.44. The molecule has 0 bridgehead atoms. The number of nitrogens with zero attached hydrogens (tertiary/aromatic N) is 3. The molecule has 1 saturated carbocycles. The molecular formula is C15H16N6. The first kappa shape index (κ1) is 12.1. The van der Waals surface area contributed by atoms with Crippen molar-refractivity contribution < 1.29 is 0 Å². The van der Waals surface area contributed by atoms with E-state index < -0.39 is 0 Å². The van der Waals surface area contributed by atoms with Gasteiger partial charge in [0.05, 0.1) is 5.69 Å².